The van der Waals surface area contributed by atoms with E-state index in [0.29, 0.717) is 6.42 Å². The fourth-order valence-electron chi connectivity index (χ4n) is 0.958. The van der Waals surface area contributed by atoms with Crippen molar-refractivity contribution in [2.45, 2.75) is 25.6 Å². The predicted molar refractivity (Wildman–Crippen MR) is 44.9 cm³/mol. The molecule has 0 saturated heterocycles. The molecule has 68 valence electrons. The Balaban J connectivity index is 2.41. The van der Waals surface area contributed by atoms with Crippen molar-refractivity contribution < 1.29 is 14.3 Å². The van der Waals surface area contributed by atoms with E-state index in [0.717, 1.165) is 5.76 Å². The molecule has 2 atom stereocenters. The molecule has 0 fully saturated rings. The molecule has 3 heteroatoms. The van der Waals surface area contributed by atoms with Crippen LogP contribution in [-0.4, -0.2) is 24.4 Å². The Morgan fingerprint density at radius 1 is 1.67 bits per heavy atom. The Morgan fingerprint density at radius 3 is 2.92 bits per heavy atom. The third-order valence-corrected chi connectivity index (χ3v) is 1.90. The van der Waals surface area contributed by atoms with Crippen molar-refractivity contribution in [2.75, 3.05) is 7.11 Å². The van der Waals surface area contributed by atoms with Gasteiger partial charge in [-0.1, -0.05) is 0 Å². The smallest absolute Gasteiger partial charge is 0.106 e. The van der Waals surface area contributed by atoms with Gasteiger partial charge in [0.2, 0.25) is 0 Å². The van der Waals surface area contributed by atoms with Gasteiger partial charge in [0.05, 0.1) is 18.5 Å². The van der Waals surface area contributed by atoms with Crippen molar-refractivity contribution in [1.82, 2.24) is 0 Å². The number of methoxy groups -OCH3 is 1. The zero-order valence-corrected chi connectivity index (χ0v) is 7.36. The third kappa shape index (κ3) is 2.36. The van der Waals surface area contributed by atoms with E-state index in [1.165, 1.54) is 0 Å². The van der Waals surface area contributed by atoms with Crippen molar-refractivity contribution >= 4 is 0 Å². The second-order valence-corrected chi connectivity index (χ2v) is 2.79. The van der Waals surface area contributed by atoms with Crippen LogP contribution in [0.3, 0.4) is 0 Å². The maximum Gasteiger partial charge on any atom is 0.106 e. The molecule has 0 spiro atoms. The highest BCUT2D eigenvalue weighted by Gasteiger charge is 2.14. The van der Waals surface area contributed by atoms with E-state index in [-0.39, 0.29) is 6.10 Å². The first-order valence-corrected chi connectivity index (χ1v) is 3.97. The van der Waals surface area contributed by atoms with Gasteiger partial charge in [0.1, 0.15) is 5.76 Å². The van der Waals surface area contributed by atoms with Gasteiger partial charge in [0, 0.05) is 13.5 Å². The van der Waals surface area contributed by atoms with E-state index in [9.17, 15) is 5.11 Å². The summed E-state index contributed by atoms with van der Waals surface area (Å²) in [6.07, 6.45) is 1.44. The van der Waals surface area contributed by atoms with E-state index >= 15 is 0 Å². The lowest BCUT2D eigenvalue weighted by molar-refractivity contribution is -0.00187. The fraction of sp³-hybridized carbons (Fsp3) is 0.556. The molecular formula is C9H14O3. The maximum atomic E-state index is 9.50. The molecule has 0 aliphatic heterocycles. The lowest BCUT2D eigenvalue weighted by Gasteiger charge is -2.15. The van der Waals surface area contributed by atoms with Gasteiger partial charge >= 0.3 is 0 Å². The number of aliphatic hydroxyl groups excluding tert-OH is 1. The highest BCUT2D eigenvalue weighted by molar-refractivity contribution is 4.99. The lowest BCUT2D eigenvalue weighted by atomic mass is 10.1. The molecule has 0 bridgehead atoms. The van der Waals surface area contributed by atoms with Gasteiger partial charge in [-0.3, -0.25) is 0 Å². The Labute approximate surface area is 72.0 Å². The zero-order chi connectivity index (χ0) is 8.97. The minimum absolute atomic E-state index is 0.157. The van der Waals surface area contributed by atoms with Crippen molar-refractivity contribution in [3.8, 4) is 0 Å². The molecule has 1 N–H and O–H groups in total. The average Bonchev–Trinajstić information content (AvgIpc) is 2.55. The van der Waals surface area contributed by atoms with Gasteiger partial charge in [-0.15, -0.1) is 0 Å². The molecule has 2 unspecified atom stereocenters. The monoisotopic (exact) mass is 170 g/mol. The minimum atomic E-state index is -0.499. The van der Waals surface area contributed by atoms with E-state index in [1.54, 1.807) is 19.4 Å². The molecule has 3 nitrogen and oxygen atoms in total. The summed E-state index contributed by atoms with van der Waals surface area (Å²) in [5.74, 6) is 0.784. The Hall–Kier alpha value is -0.800. The highest BCUT2D eigenvalue weighted by atomic mass is 16.5. The summed E-state index contributed by atoms with van der Waals surface area (Å²) >= 11 is 0. The molecule has 12 heavy (non-hydrogen) atoms. The first-order valence-electron chi connectivity index (χ1n) is 3.97. The van der Waals surface area contributed by atoms with Crippen LogP contribution in [0.25, 0.3) is 0 Å². The van der Waals surface area contributed by atoms with Crippen molar-refractivity contribution in [1.29, 1.82) is 0 Å². The molecule has 1 aromatic rings. The second kappa shape index (κ2) is 4.28. The number of ether oxygens (including phenoxy) is 1. The second-order valence-electron chi connectivity index (χ2n) is 2.79. The molecule has 0 aliphatic carbocycles. The number of furan rings is 1. The van der Waals surface area contributed by atoms with Gasteiger partial charge in [-0.25, -0.2) is 0 Å². The Bertz CT molecular complexity index is 206. The molecule has 0 aliphatic rings. The van der Waals surface area contributed by atoms with E-state index < -0.39 is 6.10 Å². The molecular weight excluding hydrogens is 156 g/mol. The number of rotatable bonds is 4. The molecule has 0 saturated carbocycles. The van der Waals surface area contributed by atoms with Crippen LogP contribution in [0.1, 0.15) is 12.7 Å². The summed E-state index contributed by atoms with van der Waals surface area (Å²) < 4.78 is 10.1. The molecule has 1 rings (SSSR count). The van der Waals surface area contributed by atoms with Crippen LogP contribution in [-0.2, 0) is 11.2 Å². The van der Waals surface area contributed by atoms with E-state index in [4.69, 9.17) is 9.15 Å². The SMILES string of the molecule is COC(C)C(O)Cc1ccco1. The Morgan fingerprint density at radius 2 is 2.42 bits per heavy atom. The summed E-state index contributed by atoms with van der Waals surface area (Å²) in [7, 11) is 1.58. The first kappa shape index (κ1) is 9.29. The van der Waals surface area contributed by atoms with Gasteiger partial charge in [0.15, 0.2) is 0 Å². The molecule has 0 aromatic carbocycles. The summed E-state index contributed by atoms with van der Waals surface area (Å²) in [6.45, 7) is 1.83. The minimum Gasteiger partial charge on any atom is -0.469 e. The third-order valence-electron chi connectivity index (χ3n) is 1.90. The first-order chi connectivity index (χ1) is 5.74. The van der Waals surface area contributed by atoms with Gasteiger partial charge in [-0.05, 0) is 19.1 Å². The van der Waals surface area contributed by atoms with E-state index in [2.05, 4.69) is 0 Å². The van der Waals surface area contributed by atoms with Gasteiger partial charge in [0.25, 0.3) is 0 Å². The average molecular weight is 170 g/mol. The number of hydrogen-bond acceptors (Lipinski definition) is 3. The molecule has 0 radical (unpaired) electrons. The van der Waals surface area contributed by atoms with Crippen LogP contribution in [0.4, 0.5) is 0 Å². The van der Waals surface area contributed by atoms with Crippen LogP contribution >= 0.6 is 0 Å². The van der Waals surface area contributed by atoms with Crippen molar-refractivity contribution in [2.24, 2.45) is 0 Å². The normalized spacial score (nSPS) is 15.9. The Kier molecular flexibility index (Phi) is 3.31. The van der Waals surface area contributed by atoms with Crippen LogP contribution < -0.4 is 0 Å². The fourth-order valence-corrected chi connectivity index (χ4v) is 0.958. The lowest BCUT2D eigenvalue weighted by Crippen LogP contribution is -2.26. The van der Waals surface area contributed by atoms with Crippen LogP contribution in [0.5, 0.6) is 0 Å². The summed E-state index contributed by atoms with van der Waals surface area (Å²) in [5, 5.41) is 9.50. The number of aliphatic hydroxyl groups is 1. The standard InChI is InChI=1S/C9H14O3/c1-7(11-2)9(10)6-8-4-3-5-12-8/h3-5,7,9-10H,6H2,1-2H3. The quantitative estimate of drug-likeness (QED) is 0.738. The highest BCUT2D eigenvalue weighted by Crippen LogP contribution is 2.07. The molecule has 1 heterocycles. The predicted octanol–water partition coefficient (Wildman–Crippen LogP) is 1.22. The summed E-state index contributed by atoms with van der Waals surface area (Å²) in [6, 6.07) is 3.64. The zero-order valence-electron chi connectivity index (χ0n) is 7.36. The number of hydrogen-bond donors (Lipinski definition) is 1. The van der Waals surface area contributed by atoms with Crippen LogP contribution in [0.2, 0.25) is 0 Å². The summed E-state index contributed by atoms with van der Waals surface area (Å²) in [5.41, 5.74) is 0. The topological polar surface area (TPSA) is 42.6 Å². The summed E-state index contributed by atoms with van der Waals surface area (Å²) in [4.78, 5) is 0. The maximum absolute atomic E-state index is 9.50. The van der Waals surface area contributed by atoms with Gasteiger partial charge in [-0.2, -0.15) is 0 Å². The van der Waals surface area contributed by atoms with Crippen molar-refractivity contribution in [3.05, 3.63) is 24.2 Å². The van der Waals surface area contributed by atoms with Crippen molar-refractivity contribution in [3.63, 3.8) is 0 Å². The molecule has 0 amide bonds. The van der Waals surface area contributed by atoms with Crippen LogP contribution in [0, 0.1) is 0 Å². The molecule has 1 aromatic heterocycles. The van der Waals surface area contributed by atoms with E-state index in [1.807, 2.05) is 13.0 Å². The largest absolute Gasteiger partial charge is 0.469 e. The van der Waals surface area contributed by atoms with Gasteiger partial charge < -0.3 is 14.3 Å². The van der Waals surface area contributed by atoms with Crippen LogP contribution in [0.15, 0.2) is 22.8 Å².